The van der Waals surface area contributed by atoms with Crippen LogP contribution in [0.3, 0.4) is 0 Å². The summed E-state index contributed by atoms with van der Waals surface area (Å²) in [6.07, 6.45) is -4.62. The van der Waals surface area contributed by atoms with Crippen LogP contribution in [0.15, 0.2) is 0 Å². The van der Waals surface area contributed by atoms with E-state index in [0.29, 0.717) is 4.68 Å². The maximum atomic E-state index is 12.7. The first-order chi connectivity index (χ1) is 7.39. The van der Waals surface area contributed by atoms with Crippen LogP contribution in [0.2, 0.25) is 0 Å². The number of carboxylic acids is 1. The first kappa shape index (κ1) is 10.9. The van der Waals surface area contributed by atoms with Crippen molar-refractivity contribution in [2.24, 2.45) is 0 Å². The molecule has 16 heavy (non-hydrogen) atoms. The molecule has 0 radical (unpaired) electrons. The molecule has 8 heteroatoms. The number of aromatic nitrogens is 2. The van der Waals surface area contributed by atoms with Gasteiger partial charge >= 0.3 is 12.1 Å². The molecule has 0 aromatic carbocycles. The number of hydrogen-bond donors (Lipinski definition) is 1. The molecule has 2 rings (SSSR count). The van der Waals surface area contributed by atoms with Gasteiger partial charge in [-0.1, -0.05) is 0 Å². The molecule has 2 heterocycles. The van der Waals surface area contributed by atoms with Crippen molar-refractivity contribution in [2.45, 2.75) is 25.9 Å². The topological polar surface area (TPSA) is 64.3 Å². The van der Waals surface area contributed by atoms with Crippen LogP contribution in [0.5, 0.6) is 0 Å². The summed E-state index contributed by atoms with van der Waals surface area (Å²) in [4.78, 5) is 10.4. The minimum Gasteiger partial charge on any atom is -0.480 e. The van der Waals surface area contributed by atoms with E-state index in [-0.39, 0.29) is 24.5 Å². The molecule has 1 aromatic heterocycles. The average Bonchev–Trinajstić information content (AvgIpc) is 2.58. The molecule has 1 N–H and O–H groups in total. The Morgan fingerprint density at radius 2 is 2.19 bits per heavy atom. The van der Waals surface area contributed by atoms with Gasteiger partial charge < -0.3 is 9.84 Å². The number of aliphatic carboxylic acids is 1. The van der Waals surface area contributed by atoms with Crippen LogP contribution in [-0.4, -0.2) is 20.9 Å². The molecule has 1 aromatic rings. The lowest BCUT2D eigenvalue weighted by molar-refractivity contribution is -0.148. The van der Waals surface area contributed by atoms with Gasteiger partial charge in [0.15, 0.2) is 0 Å². The number of rotatable bonds is 2. The van der Waals surface area contributed by atoms with Gasteiger partial charge in [-0.2, -0.15) is 18.3 Å². The first-order valence-corrected chi connectivity index (χ1v) is 4.35. The van der Waals surface area contributed by atoms with Crippen molar-refractivity contribution in [3.63, 3.8) is 0 Å². The summed E-state index contributed by atoms with van der Waals surface area (Å²) in [5.41, 5.74) is -0.926. The highest BCUT2D eigenvalue weighted by Gasteiger charge is 2.41. The Bertz CT molecular complexity index is 438. The highest BCUT2D eigenvalue weighted by molar-refractivity contribution is 5.66. The van der Waals surface area contributed by atoms with Crippen molar-refractivity contribution in [3.05, 3.63) is 17.0 Å². The summed E-state index contributed by atoms with van der Waals surface area (Å²) >= 11 is 0. The van der Waals surface area contributed by atoms with Crippen LogP contribution in [0.25, 0.3) is 0 Å². The van der Waals surface area contributed by atoms with Crippen LogP contribution < -0.4 is 0 Å². The smallest absolute Gasteiger partial charge is 0.433 e. The molecular formula is C8H7F3N2O3. The zero-order valence-electron chi connectivity index (χ0n) is 7.91. The van der Waals surface area contributed by atoms with Gasteiger partial charge in [0, 0.05) is 5.56 Å². The average molecular weight is 236 g/mol. The van der Waals surface area contributed by atoms with Gasteiger partial charge in [0.05, 0.1) is 18.9 Å². The van der Waals surface area contributed by atoms with Crippen molar-refractivity contribution in [1.82, 2.24) is 9.78 Å². The van der Waals surface area contributed by atoms with Gasteiger partial charge in [-0.3, -0.25) is 4.79 Å². The van der Waals surface area contributed by atoms with Gasteiger partial charge in [-0.25, -0.2) is 4.68 Å². The van der Waals surface area contributed by atoms with Crippen molar-refractivity contribution in [1.29, 1.82) is 0 Å². The molecule has 88 valence electrons. The summed E-state index contributed by atoms with van der Waals surface area (Å²) in [6, 6.07) is 0. The van der Waals surface area contributed by atoms with E-state index in [9.17, 15) is 18.0 Å². The summed E-state index contributed by atoms with van der Waals surface area (Å²) < 4.78 is 43.3. The molecular weight excluding hydrogens is 229 g/mol. The van der Waals surface area contributed by atoms with Crippen LogP contribution in [-0.2, 0) is 35.5 Å². The van der Waals surface area contributed by atoms with E-state index in [0.717, 1.165) is 0 Å². The Kier molecular flexibility index (Phi) is 2.38. The van der Waals surface area contributed by atoms with E-state index in [1.807, 2.05) is 0 Å². The zero-order chi connectivity index (χ0) is 11.9. The van der Waals surface area contributed by atoms with Crippen LogP contribution in [0.1, 0.15) is 17.0 Å². The second-order valence-corrected chi connectivity index (χ2v) is 3.32. The van der Waals surface area contributed by atoms with E-state index in [2.05, 4.69) is 5.10 Å². The van der Waals surface area contributed by atoms with E-state index >= 15 is 0 Å². The Morgan fingerprint density at radius 1 is 1.50 bits per heavy atom. The number of alkyl halides is 3. The Morgan fingerprint density at radius 3 is 2.75 bits per heavy atom. The maximum Gasteiger partial charge on any atom is 0.433 e. The van der Waals surface area contributed by atoms with E-state index < -0.39 is 24.4 Å². The predicted octanol–water partition coefficient (Wildman–Crippen LogP) is 1.02. The third-order valence-corrected chi connectivity index (χ3v) is 2.17. The van der Waals surface area contributed by atoms with Crippen molar-refractivity contribution < 1.29 is 27.8 Å². The number of hydrogen-bond acceptors (Lipinski definition) is 3. The van der Waals surface area contributed by atoms with Crippen LogP contribution in [0.4, 0.5) is 13.2 Å². The number of carbonyl (C=O) groups is 1. The van der Waals surface area contributed by atoms with E-state index in [1.54, 1.807) is 0 Å². The molecule has 0 aliphatic carbocycles. The Hall–Kier alpha value is -1.57. The van der Waals surface area contributed by atoms with Crippen molar-refractivity contribution in [3.8, 4) is 0 Å². The van der Waals surface area contributed by atoms with Gasteiger partial charge in [-0.05, 0) is 0 Å². The SMILES string of the molecule is O=C(O)Cn1nc2c(c1C(F)(F)F)COC2. The second kappa shape index (κ2) is 3.48. The maximum absolute atomic E-state index is 12.7. The molecule has 5 nitrogen and oxygen atoms in total. The molecule has 0 spiro atoms. The van der Waals surface area contributed by atoms with Gasteiger partial charge in [0.1, 0.15) is 12.2 Å². The zero-order valence-corrected chi connectivity index (χ0v) is 7.91. The minimum absolute atomic E-state index is 0.00890. The summed E-state index contributed by atoms with van der Waals surface area (Å²) in [5, 5.41) is 12.1. The largest absolute Gasteiger partial charge is 0.480 e. The molecule has 1 aliphatic rings. The fraction of sp³-hybridized carbons (Fsp3) is 0.500. The number of carboxylic acid groups (broad SMARTS) is 1. The highest BCUT2D eigenvalue weighted by Crippen LogP contribution is 2.36. The number of ether oxygens (including phenoxy) is 1. The molecule has 0 atom stereocenters. The van der Waals surface area contributed by atoms with Crippen LogP contribution >= 0.6 is 0 Å². The lowest BCUT2D eigenvalue weighted by Crippen LogP contribution is -2.20. The molecule has 1 aliphatic heterocycles. The van der Waals surface area contributed by atoms with Gasteiger partial charge in [0.25, 0.3) is 0 Å². The Balaban J connectivity index is 2.49. The second-order valence-electron chi connectivity index (χ2n) is 3.32. The molecule has 0 saturated heterocycles. The molecule has 0 unspecified atom stereocenters. The summed E-state index contributed by atoms with van der Waals surface area (Å²) in [5.74, 6) is -1.37. The molecule has 0 bridgehead atoms. The fourth-order valence-electron chi connectivity index (χ4n) is 1.63. The summed E-state index contributed by atoms with van der Waals surface area (Å²) in [6.45, 7) is -0.989. The lowest BCUT2D eigenvalue weighted by atomic mass is 10.2. The molecule has 0 saturated carbocycles. The predicted molar refractivity (Wildman–Crippen MR) is 43.4 cm³/mol. The summed E-state index contributed by atoms with van der Waals surface area (Å²) in [7, 11) is 0. The molecule has 0 fully saturated rings. The number of halogens is 3. The third-order valence-electron chi connectivity index (χ3n) is 2.17. The monoisotopic (exact) mass is 236 g/mol. The fourth-order valence-corrected chi connectivity index (χ4v) is 1.63. The third kappa shape index (κ3) is 1.75. The molecule has 0 amide bonds. The lowest BCUT2D eigenvalue weighted by Gasteiger charge is -2.10. The number of fused-ring (bicyclic) bond motifs is 1. The highest BCUT2D eigenvalue weighted by atomic mass is 19.4. The van der Waals surface area contributed by atoms with E-state index in [4.69, 9.17) is 9.84 Å². The quantitative estimate of drug-likeness (QED) is 0.832. The van der Waals surface area contributed by atoms with E-state index in [1.165, 1.54) is 0 Å². The standard InChI is InChI=1S/C8H7F3N2O3/c9-8(10,11)7-4-2-16-3-5(4)12-13(7)1-6(14)15/h1-3H2,(H,14,15). The minimum atomic E-state index is -4.62. The normalized spacial score (nSPS) is 15.2. The first-order valence-electron chi connectivity index (χ1n) is 4.35. The van der Waals surface area contributed by atoms with Crippen molar-refractivity contribution in [2.75, 3.05) is 0 Å². The van der Waals surface area contributed by atoms with Gasteiger partial charge in [0.2, 0.25) is 0 Å². The van der Waals surface area contributed by atoms with Crippen LogP contribution in [0, 0.1) is 0 Å². The Labute approximate surface area is 87.4 Å². The van der Waals surface area contributed by atoms with Crippen molar-refractivity contribution >= 4 is 5.97 Å². The van der Waals surface area contributed by atoms with Gasteiger partial charge in [-0.15, -0.1) is 0 Å². The number of nitrogens with zero attached hydrogens (tertiary/aromatic N) is 2.